The van der Waals surface area contributed by atoms with Crippen molar-refractivity contribution in [1.82, 2.24) is 0 Å². The van der Waals surface area contributed by atoms with Crippen LogP contribution in [0.4, 0.5) is 0 Å². The van der Waals surface area contributed by atoms with Crippen LogP contribution in [0.25, 0.3) is 0 Å². The molecule has 0 aliphatic carbocycles. The second kappa shape index (κ2) is 13.9. The first-order valence-corrected chi connectivity index (χ1v) is 1.77. The Morgan fingerprint density at radius 2 is 1.80 bits per heavy atom. The second-order valence-corrected chi connectivity index (χ2v) is 1.13. The Hall–Kier alpha value is 2.39. The molecule has 0 fully saturated rings. The number of hydrogen-bond acceptors (Lipinski definition) is 3. The number of aliphatic carboxylic acids is 1. The molecular weight excluding hydrogens is 167 g/mol. The quantitative estimate of drug-likeness (QED) is 0.366. The Kier molecular flexibility index (Phi) is 31.8. The SMILES string of the molecule is N[C@@H](CO)C(=O)O.[H-].[H-].[H-].[Na+].[Na+].[Na+]. The summed E-state index contributed by atoms with van der Waals surface area (Å²) in [4.78, 5) is 9.65. The van der Waals surface area contributed by atoms with Gasteiger partial charge in [0.25, 0.3) is 0 Å². The molecule has 0 saturated carbocycles. The molecular formula is C3H10NNa3O3. The molecule has 4 N–H and O–H groups in total. The van der Waals surface area contributed by atoms with Gasteiger partial charge < -0.3 is 20.2 Å². The molecule has 0 spiro atoms. The van der Waals surface area contributed by atoms with E-state index < -0.39 is 18.6 Å². The first-order chi connectivity index (χ1) is 3.18. The molecule has 0 rings (SSSR count). The van der Waals surface area contributed by atoms with Crippen molar-refractivity contribution in [2.24, 2.45) is 5.73 Å². The van der Waals surface area contributed by atoms with Crippen LogP contribution >= 0.6 is 0 Å². The molecule has 0 bridgehead atoms. The van der Waals surface area contributed by atoms with Gasteiger partial charge in [0.15, 0.2) is 0 Å². The van der Waals surface area contributed by atoms with E-state index in [1.165, 1.54) is 0 Å². The number of carbonyl (C=O) groups is 1. The van der Waals surface area contributed by atoms with Crippen LogP contribution in [-0.4, -0.2) is 28.8 Å². The van der Waals surface area contributed by atoms with Gasteiger partial charge in [-0.15, -0.1) is 0 Å². The molecule has 0 radical (unpaired) electrons. The number of carboxylic acids is 1. The van der Waals surface area contributed by atoms with Crippen molar-refractivity contribution in [2.45, 2.75) is 6.04 Å². The number of aliphatic hydroxyl groups is 1. The molecule has 0 aromatic carbocycles. The third-order valence-corrected chi connectivity index (χ3v) is 0.514. The van der Waals surface area contributed by atoms with Gasteiger partial charge in [0.05, 0.1) is 6.61 Å². The average Bonchev–Trinajstić information content (AvgIpc) is 1.65. The molecule has 0 saturated heterocycles. The van der Waals surface area contributed by atoms with Crippen LogP contribution < -0.4 is 94.4 Å². The van der Waals surface area contributed by atoms with Crippen LogP contribution in [0, 0.1) is 0 Å². The molecule has 0 aliphatic heterocycles. The van der Waals surface area contributed by atoms with Gasteiger partial charge in [-0.25, -0.2) is 0 Å². The van der Waals surface area contributed by atoms with Gasteiger partial charge in [-0.3, -0.25) is 4.79 Å². The van der Waals surface area contributed by atoms with E-state index in [0.717, 1.165) is 0 Å². The van der Waals surface area contributed by atoms with E-state index in [-0.39, 0.29) is 93.0 Å². The van der Waals surface area contributed by atoms with E-state index in [9.17, 15) is 4.79 Å². The standard InChI is InChI=1S/C3H7NO3.3Na.3H/c4-2(1-5)3(6)7;;;;;;/h2,5H,1,4H2,(H,6,7);;;;;;/q;3*+1;3*-1/t2-;;;;;;/m0....../s1. The predicted molar refractivity (Wildman–Crippen MR) is 26.0 cm³/mol. The minimum absolute atomic E-state index is 0. The first-order valence-electron chi connectivity index (χ1n) is 1.77. The van der Waals surface area contributed by atoms with Gasteiger partial charge in [-0.1, -0.05) is 0 Å². The zero-order valence-electron chi connectivity index (χ0n) is 9.66. The summed E-state index contributed by atoms with van der Waals surface area (Å²) in [6, 6.07) is -1.13. The molecule has 0 aromatic heterocycles. The minimum Gasteiger partial charge on any atom is -1.00 e. The van der Waals surface area contributed by atoms with Crippen LogP contribution in [-0.2, 0) is 4.79 Å². The molecule has 0 aliphatic rings. The summed E-state index contributed by atoms with van der Waals surface area (Å²) in [7, 11) is 0. The third kappa shape index (κ3) is 13.0. The van der Waals surface area contributed by atoms with E-state index in [1.54, 1.807) is 0 Å². The van der Waals surface area contributed by atoms with Crippen molar-refractivity contribution in [2.75, 3.05) is 6.61 Å². The largest absolute Gasteiger partial charge is 1.00 e. The summed E-state index contributed by atoms with van der Waals surface area (Å²) < 4.78 is 0. The van der Waals surface area contributed by atoms with Crippen molar-refractivity contribution in [3.63, 3.8) is 0 Å². The van der Waals surface area contributed by atoms with E-state index in [0.29, 0.717) is 0 Å². The minimum atomic E-state index is -1.18. The van der Waals surface area contributed by atoms with Gasteiger partial charge in [-0.05, 0) is 0 Å². The Labute approximate surface area is 130 Å². The monoisotopic (exact) mass is 177 g/mol. The molecule has 1 atom stereocenters. The van der Waals surface area contributed by atoms with Crippen molar-refractivity contribution in [3.8, 4) is 0 Å². The average molecular weight is 177 g/mol. The van der Waals surface area contributed by atoms with Crippen molar-refractivity contribution in [1.29, 1.82) is 0 Å². The normalized spacial score (nSPS) is 9.40. The van der Waals surface area contributed by atoms with Crippen LogP contribution in [0.15, 0.2) is 0 Å². The number of hydrogen-bond donors (Lipinski definition) is 3. The van der Waals surface area contributed by atoms with Crippen molar-refractivity contribution >= 4 is 5.97 Å². The van der Waals surface area contributed by atoms with Crippen LogP contribution in [0.3, 0.4) is 0 Å². The van der Waals surface area contributed by atoms with E-state index >= 15 is 0 Å². The van der Waals surface area contributed by atoms with Crippen LogP contribution in [0.1, 0.15) is 4.28 Å². The van der Waals surface area contributed by atoms with Crippen molar-refractivity contribution in [3.05, 3.63) is 0 Å². The molecule has 10 heavy (non-hydrogen) atoms. The third-order valence-electron chi connectivity index (χ3n) is 0.514. The molecule has 0 unspecified atom stereocenters. The van der Waals surface area contributed by atoms with E-state index in [1.807, 2.05) is 0 Å². The molecule has 7 heteroatoms. The molecule has 0 amide bonds. The molecule has 4 nitrogen and oxygen atoms in total. The maximum atomic E-state index is 9.65. The summed E-state index contributed by atoms with van der Waals surface area (Å²) in [5, 5.41) is 15.9. The zero-order valence-corrected chi connectivity index (χ0v) is 12.7. The maximum absolute atomic E-state index is 9.65. The predicted octanol–water partition coefficient (Wildman–Crippen LogP) is -10.3. The van der Waals surface area contributed by atoms with Gasteiger partial charge in [0.1, 0.15) is 6.04 Å². The summed E-state index contributed by atoms with van der Waals surface area (Å²) in [5.74, 6) is -1.18. The molecule has 0 heterocycles. The summed E-state index contributed by atoms with van der Waals surface area (Å²) >= 11 is 0. The first kappa shape index (κ1) is 22.8. The molecule has 48 valence electrons. The van der Waals surface area contributed by atoms with Gasteiger partial charge >= 0.3 is 94.6 Å². The number of rotatable bonds is 2. The van der Waals surface area contributed by atoms with E-state index in [2.05, 4.69) is 0 Å². The smallest absolute Gasteiger partial charge is 1.00 e. The van der Waals surface area contributed by atoms with E-state index in [4.69, 9.17) is 15.9 Å². The molecule has 0 aromatic rings. The Bertz CT molecular complexity index is 91.5. The Morgan fingerprint density at radius 3 is 1.80 bits per heavy atom. The fourth-order valence-corrected chi connectivity index (χ4v) is 0.0781. The Morgan fingerprint density at radius 1 is 1.50 bits per heavy atom. The zero-order chi connectivity index (χ0) is 5.86. The topological polar surface area (TPSA) is 83.5 Å². The summed E-state index contributed by atoms with van der Waals surface area (Å²) in [6.07, 6.45) is 0. The van der Waals surface area contributed by atoms with Gasteiger partial charge in [0.2, 0.25) is 0 Å². The Balaban J connectivity index is -0.0000000120. The summed E-state index contributed by atoms with van der Waals surface area (Å²) in [5.41, 5.74) is 4.77. The van der Waals surface area contributed by atoms with Crippen LogP contribution in [0.5, 0.6) is 0 Å². The number of aliphatic hydroxyl groups excluding tert-OH is 1. The van der Waals surface area contributed by atoms with Gasteiger partial charge in [-0.2, -0.15) is 0 Å². The maximum Gasteiger partial charge on any atom is 1.00 e. The summed E-state index contributed by atoms with van der Waals surface area (Å²) in [6.45, 7) is -0.505. The fourth-order valence-electron chi connectivity index (χ4n) is 0.0781. The van der Waals surface area contributed by atoms with Gasteiger partial charge in [0, 0.05) is 0 Å². The fraction of sp³-hybridized carbons (Fsp3) is 0.667. The number of nitrogens with two attached hydrogens (primary N) is 1. The second-order valence-electron chi connectivity index (χ2n) is 1.13. The van der Waals surface area contributed by atoms with Crippen molar-refractivity contribution < 1.29 is 108 Å². The van der Waals surface area contributed by atoms with Crippen LogP contribution in [0.2, 0.25) is 0 Å². The number of carboxylic acid groups (broad SMARTS) is 1.